The molecule has 0 radical (unpaired) electrons. The van der Waals surface area contributed by atoms with E-state index in [2.05, 4.69) is 29.8 Å². The highest BCUT2D eigenvalue weighted by atomic mass is 79.9. The molecule has 1 aliphatic heterocycles. The molecule has 138 valence electrons. The normalized spacial score (nSPS) is 22.0. The van der Waals surface area contributed by atoms with Crippen LogP contribution in [0.5, 0.6) is 0 Å². The van der Waals surface area contributed by atoms with Gasteiger partial charge in [-0.05, 0) is 35.6 Å². The smallest absolute Gasteiger partial charge is 0.232 e. The molecule has 0 aromatic heterocycles. The quantitative estimate of drug-likeness (QED) is 0.628. The number of rotatable bonds is 2. The number of carbonyl (C=O) groups excluding carboxylic acids is 2. The Morgan fingerprint density at radius 3 is 2.33 bits per heavy atom. The van der Waals surface area contributed by atoms with Crippen LogP contribution in [0.15, 0.2) is 70.3 Å². The van der Waals surface area contributed by atoms with Gasteiger partial charge in [-0.25, -0.2) is 0 Å². The van der Waals surface area contributed by atoms with Crippen molar-refractivity contribution in [1.29, 1.82) is 0 Å². The highest BCUT2D eigenvalue weighted by molar-refractivity contribution is 9.10. The van der Waals surface area contributed by atoms with Crippen LogP contribution in [0, 0.1) is 5.41 Å². The molecule has 1 amide bonds. The monoisotopic (exact) mass is 423 g/mol. The fourth-order valence-corrected chi connectivity index (χ4v) is 4.88. The van der Waals surface area contributed by atoms with E-state index >= 15 is 0 Å². The summed E-state index contributed by atoms with van der Waals surface area (Å²) in [6.07, 6.45) is 1.54. The summed E-state index contributed by atoms with van der Waals surface area (Å²) < 4.78 is 0.945. The summed E-state index contributed by atoms with van der Waals surface area (Å²) in [5.41, 5.74) is 3.38. The SMILES string of the molecule is CC1(C)CC(=O)C2=C(C1)N(c1ccccc1)C(=O)CC2c1ccccc1Br. The summed E-state index contributed by atoms with van der Waals surface area (Å²) >= 11 is 3.61. The Bertz CT molecular complexity index is 946. The van der Waals surface area contributed by atoms with Gasteiger partial charge in [-0.3, -0.25) is 14.5 Å². The molecule has 4 rings (SSSR count). The second-order valence-corrected chi connectivity index (χ2v) is 9.00. The van der Waals surface area contributed by atoms with Gasteiger partial charge in [0.15, 0.2) is 5.78 Å². The highest BCUT2D eigenvalue weighted by Gasteiger charge is 2.44. The third-order valence-corrected chi connectivity index (χ3v) is 6.16. The Labute approximate surface area is 168 Å². The van der Waals surface area contributed by atoms with Crippen molar-refractivity contribution < 1.29 is 9.59 Å². The maximum absolute atomic E-state index is 13.2. The van der Waals surface area contributed by atoms with Crippen LogP contribution in [0.1, 0.15) is 44.6 Å². The molecule has 0 bridgehead atoms. The van der Waals surface area contributed by atoms with Gasteiger partial charge in [0.25, 0.3) is 0 Å². The summed E-state index contributed by atoms with van der Waals surface area (Å²) in [5.74, 6) is 0.0216. The van der Waals surface area contributed by atoms with E-state index in [1.807, 2.05) is 54.6 Å². The van der Waals surface area contributed by atoms with Gasteiger partial charge in [0, 0.05) is 40.2 Å². The van der Waals surface area contributed by atoms with Gasteiger partial charge in [-0.1, -0.05) is 66.2 Å². The average Bonchev–Trinajstić information content (AvgIpc) is 2.61. The van der Waals surface area contributed by atoms with Gasteiger partial charge in [-0.15, -0.1) is 0 Å². The number of nitrogens with zero attached hydrogens (tertiary/aromatic N) is 1. The van der Waals surface area contributed by atoms with E-state index in [1.54, 1.807) is 4.90 Å². The Balaban J connectivity index is 1.92. The fraction of sp³-hybridized carbons (Fsp3) is 0.304. The molecule has 0 saturated carbocycles. The average molecular weight is 424 g/mol. The van der Waals surface area contributed by atoms with Crippen molar-refractivity contribution in [3.63, 3.8) is 0 Å². The number of amides is 1. The van der Waals surface area contributed by atoms with Gasteiger partial charge in [-0.2, -0.15) is 0 Å². The van der Waals surface area contributed by atoms with Crippen LogP contribution in [-0.2, 0) is 9.59 Å². The lowest BCUT2D eigenvalue weighted by Crippen LogP contribution is -2.43. The summed E-state index contributed by atoms with van der Waals surface area (Å²) in [5, 5.41) is 0. The maximum Gasteiger partial charge on any atom is 0.232 e. The topological polar surface area (TPSA) is 37.4 Å². The molecular formula is C23H22BrNO2. The van der Waals surface area contributed by atoms with Crippen molar-refractivity contribution in [3.05, 3.63) is 75.9 Å². The summed E-state index contributed by atoms with van der Waals surface area (Å²) in [6, 6.07) is 17.6. The number of hydrogen-bond donors (Lipinski definition) is 0. The van der Waals surface area contributed by atoms with Crippen molar-refractivity contribution in [2.24, 2.45) is 5.41 Å². The summed E-state index contributed by atoms with van der Waals surface area (Å²) in [4.78, 5) is 28.2. The van der Waals surface area contributed by atoms with Crippen molar-refractivity contribution in [2.45, 2.75) is 39.0 Å². The number of allylic oxidation sites excluding steroid dienone is 2. The van der Waals surface area contributed by atoms with Crippen molar-refractivity contribution in [2.75, 3.05) is 4.90 Å². The number of benzene rings is 2. The number of ketones is 1. The Morgan fingerprint density at radius 2 is 1.63 bits per heavy atom. The lowest BCUT2D eigenvalue weighted by atomic mass is 9.69. The van der Waals surface area contributed by atoms with Crippen LogP contribution < -0.4 is 4.90 Å². The predicted molar refractivity (Wildman–Crippen MR) is 110 cm³/mol. The minimum Gasteiger partial charge on any atom is -0.294 e. The minimum absolute atomic E-state index is 0.0474. The van der Waals surface area contributed by atoms with E-state index < -0.39 is 0 Å². The molecule has 0 fully saturated rings. The zero-order valence-corrected chi connectivity index (χ0v) is 17.1. The molecule has 1 unspecified atom stereocenters. The molecule has 1 heterocycles. The molecule has 2 aliphatic rings. The summed E-state index contributed by atoms with van der Waals surface area (Å²) in [7, 11) is 0. The van der Waals surface area contributed by atoms with Gasteiger partial charge in [0.2, 0.25) is 5.91 Å². The third-order valence-electron chi connectivity index (χ3n) is 5.44. The number of anilines is 1. The number of carbonyl (C=O) groups is 2. The van der Waals surface area contributed by atoms with Crippen LogP contribution in [0.2, 0.25) is 0 Å². The fourth-order valence-electron chi connectivity index (χ4n) is 4.32. The number of halogens is 1. The molecule has 27 heavy (non-hydrogen) atoms. The first-order valence-corrected chi connectivity index (χ1v) is 10.1. The first kappa shape index (κ1) is 18.2. The van der Waals surface area contributed by atoms with E-state index in [0.717, 1.165) is 33.4 Å². The first-order chi connectivity index (χ1) is 12.9. The minimum atomic E-state index is -0.188. The molecule has 0 spiro atoms. The van der Waals surface area contributed by atoms with Crippen LogP contribution in [0.3, 0.4) is 0 Å². The van der Waals surface area contributed by atoms with E-state index in [-0.39, 0.29) is 23.0 Å². The Kier molecular flexibility index (Phi) is 4.55. The molecule has 3 nitrogen and oxygen atoms in total. The Morgan fingerprint density at radius 1 is 0.963 bits per heavy atom. The van der Waals surface area contributed by atoms with Crippen molar-refractivity contribution in [1.82, 2.24) is 0 Å². The van der Waals surface area contributed by atoms with Crippen molar-refractivity contribution >= 4 is 33.3 Å². The van der Waals surface area contributed by atoms with Gasteiger partial charge in [0.1, 0.15) is 0 Å². The third kappa shape index (κ3) is 3.27. The molecule has 1 aliphatic carbocycles. The molecule has 2 aromatic carbocycles. The van der Waals surface area contributed by atoms with Gasteiger partial charge >= 0.3 is 0 Å². The number of hydrogen-bond acceptors (Lipinski definition) is 2. The molecule has 2 aromatic rings. The Hall–Kier alpha value is -2.20. The van der Waals surface area contributed by atoms with Gasteiger partial charge in [0.05, 0.1) is 0 Å². The zero-order chi connectivity index (χ0) is 19.2. The molecule has 1 atom stereocenters. The van der Waals surface area contributed by atoms with E-state index in [1.165, 1.54) is 0 Å². The second-order valence-electron chi connectivity index (χ2n) is 8.14. The molecule has 0 saturated heterocycles. The predicted octanol–water partition coefficient (Wildman–Crippen LogP) is 5.61. The van der Waals surface area contributed by atoms with Gasteiger partial charge < -0.3 is 0 Å². The first-order valence-electron chi connectivity index (χ1n) is 9.26. The lowest BCUT2D eigenvalue weighted by molar-refractivity contribution is -0.121. The van der Waals surface area contributed by atoms with Crippen LogP contribution in [0.25, 0.3) is 0 Å². The number of Topliss-reactive ketones (excluding diaryl/α,β-unsaturated/α-hetero) is 1. The van der Waals surface area contributed by atoms with E-state index in [9.17, 15) is 9.59 Å². The van der Waals surface area contributed by atoms with E-state index in [0.29, 0.717) is 12.8 Å². The van der Waals surface area contributed by atoms with Crippen LogP contribution >= 0.6 is 15.9 Å². The maximum atomic E-state index is 13.2. The number of para-hydroxylation sites is 1. The summed E-state index contributed by atoms with van der Waals surface area (Å²) in [6.45, 7) is 4.20. The molecular weight excluding hydrogens is 402 g/mol. The van der Waals surface area contributed by atoms with Crippen LogP contribution in [0.4, 0.5) is 5.69 Å². The second kappa shape index (κ2) is 6.75. The highest BCUT2D eigenvalue weighted by Crippen LogP contribution is 2.48. The van der Waals surface area contributed by atoms with Crippen molar-refractivity contribution in [3.8, 4) is 0 Å². The van der Waals surface area contributed by atoms with E-state index in [4.69, 9.17) is 0 Å². The lowest BCUT2D eigenvalue weighted by Gasteiger charge is -2.43. The van der Waals surface area contributed by atoms with Crippen LogP contribution in [-0.4, -0.2) is 11.7 Å². The molecule has 4 heteroatoms. The zero-order valence-electron chi connectivity index (χ0n) is 15.5. The molecule has 0 N–H and O–H groups in total. The standard InChI is InChI=1S/C23H22BrNO2/c1-23(2)13-19-22(20(26)14-23)17(16-10-6-7-11-18(16)24)12-21(27)25(19)15-8-4-3-5-9-15/h3-11,17H,12-14H2,1-2H3. The largest absolute Gasteiger partial charge is 0.294 e.